The number of ether oxygens (including phenoxy) is 1. The van der Waals surface area contributed by atoms with E-state index in [0.29, 0.717) is 26.3 Å². The largest absolute Gasteiger partial charge is 0.415 e. The summed E-state index contributed by atoms with van der Waals surface area (Å²) in [6, 6.07) is 0. The Bertz CT molecular complexity index is 171. The van der Waals surface area contributed by atoms with Gasteiger partial charge in [-0.2, -0.15) is 13.2 Å². The van der Waals surface area contributed by atoms with Crippen LogP contribution in [0.3, 0.4) is 0 Å². The normalized spacial score (nSPS) is 22.3. The van der Waals surface area contributed by atoms with Crippen LogP contribution < -0.4 is 5.43 Å². The van der Waals surface area contributed by atoms with Crippen LogP contribution in [0.15, 0.2) is 0 Å². The lowest BCUT2D eigenvalue weighted by Crippen LogP contribution is -2.50. The predicted octanol–water partition coefficient (Wildman–Crippen LogP) is -0.254. The van der Waals surface area contributed by atoms with E-state index in [1.165, 1.54) is 0 Å². The zero-order valence-electron chi connectivity index (χ0n) is 7.55. The van der Waals surface area contributed by atoms with Crippen LogP contribution in [-0.4, -0.2) is 55.2 Å². The molecule has 2 N–H and O–H groups in total. The van der Waals surface area contributed by atoms with Crippen molar-refractivity contribution in [3.8, 4) is 0 Å². The van der Waals surface area contributed by atoms with Crippen LogP contribution in [0.4, 0.5) is 13.2 Å². The SMILES string of the molecule is O[C@@H](CNN1CCOCC1)C(F)(F)F. The quantitative estimate of drug-likeness (QED) is 0.679. The van der Waals surface area contributed by atoms with Gasteiger partial charge in [0.25, 0.3) is 0 Å². The van der Waals surface area contributed by atoms with Gasteiger partial charge in [-0.05, 0) is 0 Å². The summed E-state index contributed by atoms with van der Waals surface area (Å²) >= 11 is 0. The van der Waals surface area contributed by atoms with Gasteiger partial charge in [0.05, 0.1) is 13.2 Å². The molecule has 0 aromatic heterocycles. The molecule has 1 atom stereocenters. The van der Waals surface area contributed by atoms with E-state index in [-0.39, 0.29) is 0 Å². The van der Waals surface area contributed by atoms with Gasteiger partial charge >= 0.3 is 6.18 Å². The zero-order chi connectivity index (χ0) is 10.6. The van der Waals surface area contributed by atoms with Crippen LogP contribution >= 0.6 is 0 Å². The fourth-order valence-corrected chi connectivity index (χ4v) is 1.05. The molecule has 1 aliphatic heterocycles. The number of hydrogen-bond donors (Lipinski definition) is 2. The summed E-state index contributed by atoms with van der Waals surface area (Å²) in [5.74, 6) is 0. The van der Waals surface area contributed by atoms with Crippen molar-refractivity contribution in [3.05, 3.63) is 0 Å². The maximum absolute atomic E-state index is 11.9. The molecule has 1 fully saturated rings. The molecule has 0 aromatic carbocycles. The smallest absolute Gasteiger partial charge is 0.382 e. The molecule has 0 spiro atoms. The molecule has 1 aliphatic rings. The van der Waals surface area contributed by atoms with Crippen LogP contribution in [0.25, 0.3) is 0 Å². The maximum Gasteiger partial charge on any atom is 0.415 e. The first-order valence-corrected chi connectivity index (χ1v) is 4.31. The van der Waals surface area contributed by atoms with Gasteiger partial charge in [0.15, 0.2) is 6.10 Å². The number of hydrazine groups is 1. The van der Waals surface area contributed by atoms with Crippen molar-refractivity contribution in [1.82, 2.24) is 10.4 Å². The second-order valence-electron chi connectivity index (χ2n) is 3.02. The summed E-state index contributed by atoms with van der Waals surface area (Å²) in [7, 11) is 0. The van der Waals surface area contributed by atoms with Crippen molar-refractivity contribution in [2.45, 2.75) is 12.3 Å². The Morgan fingerprint density at radius 2 is 1.93 bits per heavy atom. The second-order valence-corrected chi connectivity index (χ2v) is 3.02. The number of morpholine rings is 1. The lowest BCUT2D eigenvalue weighted by atomic mass is 10.3. The van der Waals surface area contributed by atoms with E-state index in [0.717, 1.165) is 0 Å². The van der Waals surface area contributed by atoms with E-state index in [9.17, 15) is 13.2 Å². The Hall–Kier alpha value is -0.370. The molecule has 0 bridgehead atoms. The lowest BCUT2D eigenvalue weighted by molar-refractivity contribution is -0.204. The Labute approximate surface area is 79.6 Å². The van der Waals surface area contributed by atoms with Crippen molar-refractivity contribution in [2.75, 3.05) is 32.8 Å². The van der Waals surface area contributed by atoms with Gasteiger partial charge in [0.2, 0.25) is 0 Å². The van der Waals surface area contributed by atoms with Crippen LogP contribution in [0.1, 0.15) is 0 Å². The van der Waals surface area contributed by atoms with E-state index >= 15 is 0 Å². The highest BCUT2D eigenvalue weighted by Gasteiger charge is 2.38. The standard InChI is InChI=1S/C7H13F3N2O2/c8-7(9,10)6(13)5-11-12-1-3-14-4-2-12/h6,11,13H,1-5H2/t6-/m0/s1. The monoisotopic (exact) mass is 214 g/mol. The molecule has 1 heterocycles. The van der Waals surface area contributed by atoms with Crippen LogP contribution in [-0.2, 0) is 4.74 Å². The topological polar surface area (TPSA) is 44.7 Å². The van der Waals surface area contributed by atoms with E-state index in [1.54, 1.807) is 5.01 Å². The Kier molecular flexibility index (Phi) is 4.11. The van der Waals surface area contributed by atoms with Gasteiger partial charge in [-0.1, -0.05) is 0 Å². The summed E-state index contributed by atoms with van der Waals surface area (Å²) in [4.78, 5) is 0. The number of aliphatic hydroxyl groups excluding tert-OH is 1. The average Bonchev–Trinajstić information content (AvgIpc) is 2.14. The third-order valence-electron chi connectivity index (χ3n) is 1.90. The first-order chi connectivity index (χ1) is 6.50. The van der Waals surface area contributed by atoms with Crippen molar-refractivity contribution in [2.24, 2.45) is 0 Å². The number of aliphatic hydroxyl groups is 1. The molecule has 1 rings (SSSR count). The summed E-state index contributed by atoms with van der Waals surface area (Å²) in [6.45, 7) is 1.54. The molecule has 0 amide bonds. The molecule has 84 valence electrons. The van der Waals surface area contributed by atoms with Gasteiger partial charge in [-0.25, -0.2) is 5.01 Å². The predicted molar refractivity (Wildman–Crippen MR) is 42.5 cm³/mol. The highest BCUT2D eigenvalue weighted by molar-refractivity contribution is 4.68. The zero-order valence-corrected chi connectivity index (χ0v) is 7.55. The first-order valence-electron chi connectivity index (χ1n) is 4.31. The summed E-state index contributed by atoms with van der Waals surface area (Å²) < 4.78 is 40.6. The molecule has 0 saturated carbocycles. The van der Waals surface area contributed by atoms with Gasteiger partial charge < -0.3 is 9.84 Å². The molecule has 14 heavy (non-hydrogen) atoms. The molecule has 7 heteroatoms. The molecule has 0 aliphatic carbocycles. The Morgan fingerprint density at radius 3 is 2.43 bits per heavy atom. The molecular formula is C7H13F3N2O2. The number of rotatable bonds is 3. The molecule has 4 nitrogen and oxygen atoms in total. The summed E-state index contributed by atoms with van der Waals surface area (Å²) in [6.07, 6.45) is -6.87. The van der Waals surface area contributed by atoms with Crippen molar-refractivity contribution >= 4 is 0 Å². The number of halogens is 3. The highest BCUT2D eigenvalue weighted by atomic mass is 19.4. The van der Waals surface area contributed by atoms with Crippen molar-refractivity contribution in [3.63, 3.8) is 0 Å². The minimum absolute atomic E-state index is 0.495. The summed E-state index contributed by atoms with van der Waals surface area (Å²) in [5.41, 5.74) is 2.51. The minimum atomic E-state index is -4.56. The number of nitrogens with zero attached hydrogens (tertiary/aromatic N) is 1. The Balaban J connectivity index is 2.19. The van der Waals surface area contributed by atoms with Gasteiger partial charge in [0.1, 0.15) is 0 Å². The molecule has 1 saturated heterocycles. The fraction of sp³-hybridized carbons (Fsp3) is 1.00. The molecule has 0 unspecified atom stereocenters. The lowest BCUT2D eigenvalue weighted by Gasteiger charge is -2.28. The maximum atomic E-state index is 11.9. The number of nitrogens with one attached hydrogen (secondary N) is 1. The average molecular weight is 214 g/mol. The number of hydrogen-bond acceptors (Lipinski definition) is 4. The van der Waals surface area contributed by atoms with Crippen LogP contribution in [0.2, 0.25) is 0 Å². The van der Waals surface area contributed by atoms with Gasteiger partial charge in [0, 0.05) is 19.6 Å². The van der Waals surface area contributed by atoms with Crippen molar-refractivity contribution < 1.29 is 23.0 Å². The van der Waals surface area contributed by atoms with E-state index < -0.39 is 18.8 Å². The van der Waals surface area contributed by atoms with Crippen LogP contribution in [0.5, 0.6) is 0 Å². The number of alkyl halides is 3. The summed E-state index contributed by atoms with van der Waals surface area (Å²) in [5, 5.41) is 10.3. The third-order valence-corrected chi connectivity index (χ3v) is 1.90. The molecule has 0 aromatic rings. The van der Waals surface area contributed by atoms with Crippen molar-refractivity contribution in [1.29, 1.82) is 0 Å². The van der Waals surface area contributed by atoms with Crippen LogP contribution in [0, 0.1) is 0 Å². The van der Waals surface area contributed by atoms with Gasteiger partial charge in [-0.3, -0.25) is 5.43 Å². The molecule has 0 radical (unpaired) electrons. The third kappa shape index (κ3) is 3.79. The van der Waals surface area contributed by atoms with E-state index in [1.807, 2.05) is 0 Å². The highest BCUT2D eigenvalue weighted by Crippen LogP contribution is 2.19. The van der Waals surface area contributed by atoms with Gasteiger partial charge in [-0.15, -0.1) is 0 Å². The molecular weight excluding hydrogens is 201 g/mol. The second kappa shape index (κ2) is 4.92. The first kappa shape index (κ1) is 11.7. The van der Waals surface area contributed by atoms with E-state index in [4.69, 9.17) is 9.84 Å². The van der Waals surface area contributed by atoms with E-state index in [2.05, 4.69) is 5.43 Å². The Morgan fingerprint density at radius 1 is 1.36 bits per heavy atom. The fourth-order valence-electron chi connectivity index (χ4n) is 1.05. The minimum Gasteiger partial charge on any atom is -0.382 e.